The molecule has 0 fully saturated rings. The molecule has 1 aliphatic carbocycles. The maximum atomic E-state index is 13.7. The molecule has 0 saturated heterocycles. The number of aromatic nitrogens is 2. The van der Waals surface area contributed by atoms with Crippen molar-refractivity contribution < 1.29 is 62.3 Å². The van der Waals surface area contributed by atoms with E-state index in [0.717, 1.165) is 0 Å². The van der Waals surface area contributed by atoms with Crippen LogP contribution in [0.25, 0.3) is 5.69 Å². The molecule has 1 aliphatic heterocycles. The Labute approximate surface area is 253 Å². The summed E-state index contributed by atoms with van der Waals surface area (Å²) in [4.78, 5) is 26.2. The lowest BCUT2D eigenvalue weighted by Crippen LogP contribution is -2.49. The molecule has 0 unspecified atom stereocenters. The molecule has 2 amide bonds. The number of nitrogens with zero attached hydrogens (tertiary/aromatic N) is 2. The van der Waals surface area contributed by atoms with Crippen molar-refractivity contribution in [3.05, 3.63) is 69.9 Å². The molecule has 0 radical (unpaired) electrons. The third-order valence-corrected chi connectivity index (χ3v) is 8.08. The summed E-state index contributed by atoms with van der Waals surface area (Å²) in [7, 11) is -3.97. The van der Waals surface area contributed by atoms with Crippen molar-refractivity contribution in [3.8, 4) is 11.4 Å². The van der Waals surface area contributed by atoms with Crippen LogP contribution in [-0.2, 0) is 45.4 Å². The number of carbonyl (C=O) groups is 2. The monoisotopic (exact) mass is 684 g/mol. The van der Waals surface area contributed by atoms with Gasteiger partial charge in [0.1, 0.15) is 22.9 Å². The molecule has 5 rings (SSSR count). The number of ether oxygens (including phenoxy) is 1. The summed E-state index contributed by atoms with van der Waals surface area (Å²) in [5.41, 5.74) is -5.13. The first-order chi connectivity index (χ1) is 21.0. The number of amides is 2. The number of anilines is 1. The van der Waals surface area contributed by atoms with E-state index in [1.54, 1.807) is 0 Å². The maximum Gasteiger partial charge on any atom is 0.422 e. The van der Waals surface area contributed by atoms with Gasteiger partial charge in [0.25, 0.3) is 5.91 Å². The van der Waals surface area contributed by atoms with Crippen LogP contribution in [0.5, 0.6) is 5.75 Å². The van der Waals surface area contributed by atoms with Crippen LogP contribution in [0, 0.1) is 0 Å². The number of nitrogens with one attached hydrogen (secondary N) is 2. The second kappa shape index (κ2) is 10.9. The number of sulfone groups is 1. The van der Waals surface area contributed by atoms with Gasteiger partial charge in [-0.1, -0.05) is 6.07 Å². The van der Waals surface area contributed by atoms with Crippen LogP contribution in [0.15, 0.2) is 36.4 Å². The summed E-state index contributed by atoms with van der Waals surface area (Å²) in [5, 5.41) is 8.98. The van der Waals surface area contributed by atoms with Gasteiger partial charge in [-0.25, -0.2) is 13.1 Å². The van der Waals surface area contributed by atoms with Crippen LogP contribution in [0.2, 0.25) is 0 Å². The second-order valence-electron chi connectivity index (χ2n) is 10.9. The standard InChI is InChI=1S/C27H21F9N4O5S/c1-46(43,44)11-20(41)37-22-21-19(39-40(22)16-8-14(26(31,32)33)7-15(9-16)27(34,35)36)10-24(38-23(21)42)5-4-13-6-17(2-3-18(13)24)45-12-25(28,29)30/h2-3,6-9H,4-5,10-12H2,1H3,(H,37,41)(H,38,42)/t24-/m0/s1. The number of hydrogen-bond donors (Lipinski definition) is 2. The lowest BCUT2D eigenvalue weighted by atomic mass is 9.82. The van der Waals surface area contributed by atoms with Crippen molar-refractivity contribution in [3.63, 3.8) is 0 Å². The van der Waals surface area contributed by atoms with Gasteiger partial charge >= 0.3 is 18.5 Å². The molecule has 0 saturated carbocycles. The van der Waals surface area contributed by atoms with Gasteiger partial charge in [0.15, 0.2) is 16.4 Å². The molecule has 1 atom stereocenters. The predicted molar refractivity (Wildman–Crippen MR) is 141 cm³/mol. The number of benzene rings is 2. The van der Waals surface area contributed by atoms with E-state index >= 15 is 0 Å². The molecular formula is C27H21F9N4O5S. The minimum Gasteiger partial charge on any atom is -0.484 e. The molecule has 2 N–H and O–H groups in total. The molecule has 248 valence electrons. The number of fused-ring (bicyclic) bond motifs is 3. The molecular weight excluding hydrogens is 663 g/mol. The Morgan fingerprint density at radius 2 is 1.65 bits per heavy atom. The third kappa shape index (κ3) is 6.78. The number of rotatable bonds is 6. The van der Waals surface area contributed by atoms with Crippen molar-refractivity contribution >= 4 is 27.5 Å². The van der Waals surface area contributed by atoms with Crippen molar-refractivity contribution in [2.24, 2.45) is 0 Å². The highest BCUT2D eigenvalue weighted by molar-refractivity contribution is 7.91. The van der Waals surface area contributed by atoms with E-state index in [-0.39, 0.29) is 36.8 Å². The summed E-state index contributed by atoms with van der Waals surface area (Å²) in [6.45, 7) is -1.55. The Morgan fingerprint density at radius 1 is 1.02 bits per heavy atom. The number of alkyl halides is 9. The zero-order valence-electron chi connectivity index (χ0n) is 23.2. The van der Waals surface area contributed by atoms with E-state index in [1.807, 2.05) is 0 Å². The van der Waals surface area contributed by atoms with Gasteiger partial charge in [0, 0.05) is 12.7 Å². The smallest absolute Gasteiger partial charge is 0.422 e. The van der Waals surface area contributed by atoms with Gasteiger partial charge in [0.05, 0.1) is 28.0 Å². The van der Waals surface area contributed by atoms with Crippen LogP contribution in [0.4, 0.5) is 45.3 Å². The van der Waals surface area contributed by atoms with E-state index in [2.05, 4.69) is 15.7 Å². The minimum absolute atomic E-state index is 0.0962. The molecule has 1 aromatic heterocycles. The normalized spacial score (nSPS) is 18.3. The maximum absolute atomic E-state index is 13.7. The highest BCUT2D eigenvalue weighted by Gasteiger charge is 2.47. The van der Waals surface area contributed by atoms with Crippen molar-refractivity contribution in [1.29, 1.82) is 0 Å². The summed E-state index contributed by atoms with van der Waals surface area (Å²) in [6.07, 6.45) is -14.2. The Bertz CT molecular complexity index is 1820. The third-order valence-electron chi connectivity index (χ3n) is 7.29. The zero-order chi connectivity index (χ0) is 34.0. The van der Waals surface area contributed by atoms with Crippen molar-refractivity contribution in [1.82, 2.24) is 15.1 Å². The number of hydrogen-bond acceptors (Lipinski definition) is 6. The van der Waals surface area contributed by atoms with Gasteiger partial charge in [-0.15, -0.1) is 0 Å². The van der Waals surface area contributed by atoms with Gasteiger partial charge < -0.3 is 15.4 Å². The Morgan fingerprint density at radius 3 is 2.22 bits per heavy atom. The fourth-order valence-corrected chi connectivity index (χ4v) is 6.05. The SMILES string of the molecule is CS(=O)(=O)CC(=O)Nc1c2c(nn1-c1cc(C(F)(F)F)cc(C(F)(F)F)c1)C[C@]1(CCc3cc(OCC(F)(F)F)ccc31)NC2=O. The number of halogens is 9. The summed E-state index contributed by atoms with van der Waals surface area (Å²) in [5.74, 6) is -4.10. The highest BCUT2D eigenvalue weighted by atomic mass is 32.2. The van der Waals surface area contributed by atoms with Gasteiger partial charge in [-0.3, -0.25) is 9.59 Å². The quantitative estimate of drug-likeness (QED) is 0.355. The largest absolute Gasteiger partial charge is 0.484 e. The average Bonchev–Trinajstić information content (AvgIpc) is 3.42. The highest BCUT2D eigenvalue weighted by Crippen LogP contribution is 2.45. The zero-order valence-corrected chi connectivity index (χ0v) is 24.1. The first-order valence-corrected chi connectivity index (χ1v) is 15.2. The molecule has 2 aromatic carbocycles. The fourth-order valence-electron chi connectivity index (χ4n) is 5.50. The minimum atomic E-state index is -5.25. The van der Waals surface area contributed by atoms with Crippen molar-refractivity contribution in [2.45, 2.75) is 43.3 Å². The molecule has 0 bridgehead atoms. The summed E-state index contributed by atoms with van der Waals surface area (Å²) in [6, 6.07) is 4.54. The van der Waals surface area contributed by atoms with Crippen LogP contribution in [0.1, 0.15) is 44.7 Å². The lowest BCUT2D eigenvalue weighted by Gasteiger charge is -2.35. The summed E-state index contributed by atoms with van der Waals surface area (Å²) >= 11 is 0. The van der Waals surface area contributed by atoms with E-state index < -0.39 is 86.3 Å². The Kier molecular flexibility index (Phi) is 7.85. The molecule has 2 heterocycles. The van der Waals surface area contributed by atoms with Crippen molar-refractivity contribution in [2.75, 3.05) is 23.9 Å². The van der Waals surface area contributed by atoms with E-state index in [9.17, 15) is 57.5 Å². The van der Waals surface area contributed by atoms with E-state index in [0.29, 0.717) is 34.2 Å². The first-order valence-electron chi connectivity index (χ1n) is 13.1. The molecule has 46 heavy (non-hydrogen) atoms. The number of carbonyl (C=O) groups excluding carboxylic acids is 2. The molecule has 3 aromatic rings. The lowest BCUT2D eigenvalue weighted by molar-refractivity contribution is -0.153. The molecule has 19 heteroatoms. The topological polar surface area (TPSA) is 119 Å². The van der Waals surface area contributed by atoms with Gasteiger partial charge in [0.2, 0.25) is 5.91 Å². The van der Waals surface area contributed by atoms with Crippen LogP contribution < -0.4 is 15.4 Å². The first kappa shape index (κ1) is 33.1. The van der Waals surface area contributed by atoms with Gasteiger partial charge in [-0.2, -0.15) is 44.6 Å². The van der Waals surface area contributed by atoms with Crippen LogP contribution in [-0.4, -0.2) is 54.8 Å². The molecule has 1 spiro atoms. The Balaban J connectivity index is 1.62. The van der Waals surface area contributed by atoms with E-state index in [4.69, 9.17) is 4.74 Å². The summed E-state index contributed by atoms with van der Waals surface area (Å²) < 4.78 is 148. The van der Waals surface area contributed by atoms with Gasteiger partial charge in [-0.05, 0) is 54.3 Å². The molecule has 2 aliphatic rings. The van der Waals surface area contributed by atoms with Crippen LogP contribution >= 0.6 is 0 Å². The predicted octanol–water partition coefficient (Wildman–Crippen LogP) is 4.96. The average molecular weight is 685 g/mol. The fraction of sp³-hybridized carbons (Fsp3) is 0.370. The van der Waals surface area contributed by atoms with E-state index in [1.165, 1.54) is 18.2 Å². The second-order valence-corrected chi connectivity index (χ2v) is 13.0. The molecule has 9 nitrogen and oxygen atoms in total. The number of aryl methyl sites for hydroxylation is 1. The van der Waals surface area contributed by atoms with Crippen LogP contribution in [0.3, 0.4) is 0 Å². The Hall–Kier alpha value is -4.29.